The Labute approximate surface area is 121 Å². The number of hydrogen-bond acceptors (Lipinski definition) is 2. The predicted molar refractivity (Wildman–Crippen MR) is 83.4 cm³/mol. The van der Waals surface area contributed by atoms with E-state index in [0.29, 0.717) is 0 Å². The summed E-state index contributed by atoms with van der Waals surface area (Å²) >= 11 is 0. The number of amides is 1. The topological polar surface area (TPSA) is 40.5 Å². The molecule has 0 heterocycles. The van der Waals surface area contributed by atoms with E-state index in [2.05, 4.69) is 19.1 Å². The summed E-state index contributed by atoms with van der Waals surface area (Å²) in [6, 6.07) is 8.24. The van der Waals surface area contributed by atoms with Gasteiger partial charge in [-0.05, 0) is 42.9 Å². The molecule has 0 radical (unpaired) electrons. The van der Waals surface area contributed by atoms with Gasteiger partial charge in [0.25, 0.3) is 0 Å². The van der Waals surface area contributed by atoms with Crippen molar-refractivity contribution in [3.63, 3.8) is 0 Å². The molecule has 1 rings (SSSR count). The molecule has 0 saturated heterocycles. The van der Waals surface area contributed by atoms with E-state index >= 15 is 0 Å². The molecule has 3 heteroatoms. The Hall–Kier alpha value is -1.61. The maximum absolute atomic E-state index is 11.9. The molecular weight excluding hydrogens is 250 g/mol. The molecule has 0 aliphatic carbocycles. The minimum atomic E-state index is 0.0218. The molecular formula is C17H25NO2. The largest absolute Gasteiger partial charge is 0.396 e. The number of hydrogen-bond donors (Lipinski definition) is 1. The van der Waals surface area contributed by atoms with Gasteiger partial charge >= 0.3 is 0 Å². The van der Waals surface area contributed by atoms with Crippen LogP contribution in [0.25, 0.3) is 6.08 Å². The van der Waals surface area contributed by atoms with Gasteiger partial charge in [0.05, 0.1) is 0 Å². The first-order chi connectivity index (χ1) is 9.67. The molecule has 0 aliphatic rings. The standard InChI is InChI=1S/C17H25NO2/c1-3-15-7-9-16(10-8-15)11-12-17(20)18(2)13-5-4-6-14-19/h7-12,19H,3-6,13-14H2,1-2H3/b12-11+. The highest BCUT2D eigenvalue weighted by Gasteiger charge is 2.03. The molecule has 0 aromatic heterocycles. The summed E-state index contributed by atoms with van der Waals surface area (Å²) in [7, 11) is 1.81. The van der Waals surface area contributed by atoms with Crippen molar-refractivity contribution in [2.45, 2.75) is 32.6 Å². The number of aryl methyl sites for hydroxylation is 1. The highest BCUT2D eigenvalue weighted by atomic mass is 16.2. The van der Waals surface area contributed by atoms with E-state index in [9.17, 15) is 4.79 Å². The van der Waals surface area contributed by atoms with Crippen molar-refractivity contribution in [1.29, 1.82) is 0 Å². The van der Waals surface area contributed by atoms with Gasteiger partial charge in [0.15, 0.2) is 0 Å². The average molecular weight is 275 g/mol. The first kappa shape index (κ1) is 16.4. The second kappa shape index (κ2) is 9.32. The molecule has 0 aliphatic heterocycles. The van der Waals surface area contributed by atoms with Gasteiger partial charge in [0.2, 0.25) is 5.91 Å². The SMILES string of the molecule is CCc1ccc(/C=C/C(=O)N(C)CCCCCO)cc1. The molecule has 0 unspecified atom stereocenters. The molecule has 0 fully saturated rings. The van der Waals surface area contributed by atoms with Crippen molar-refractivity contribution >= 4 is 12.0 Å². The Morgan fingerprint density at radius 3 is 2.50 bits per heavy atom. The fraction of sp³-hybridized carbons (Fsp3) is 0.471. The second-order valence-electron chi connectivity index (χ2n) is 4.97. The van der Waals surface area contributed by atoms with Crippen LogP contribution in [0.2, 0.25) is 0 Å². The molecule has 0 spiro atoms. The third kappa shape index (κ3) is 6.02. The van der Waals surface area contributed by atoms with Gasteiger partial charge in [0, 0.05) is 26.3 Å². The predicted octanol–water partition coefficient (Wildman–Crippen LogP) is 2.88. The summed E-state index contributed by atoms with van der Waals surface area (Å²) in [5.41, 5.74) is 2.35. The fourth-order valence-electron chi connectivity index (χ4n) is 1.91. The Morgan fingerprint density at radius 2 is 1.90 bits per heavy atom. The maximum atomic E-state index is 11.9. The third-order valence-corrected chi connectivity index (χ3v) is 3.33. The van der Waals surface area contributed by atoms with Crippen molar-refractivity contribution in [2.24, 2.45) is 0 Å². The smallest absolute Gasteiger partial charge is 0.246 e. The van der Waals surface area contributed by atoms with Crippen molar-refractivity contribution in [2.75, 3.05) is 20.2 Å². The van der Waals surface area contributed by atoms with Gasteiger partial charge in [-0.25, -0.2) is 0 Å². The zero-order chi connectivity index (χ0) is 14.8. The van der Waals surface area contributed by atoms with Crippen LogP contribution >= 0.6 is 0 Å². The molecule has 1 N–H and O–H groups in total. The number of rotatable bonds is 8. The highest BCUT2D eigenvalue weighted by molar-refractivity contribution is 5.91. The minimum absolute atomic E-state index is 0.0218. The quantitative estimate of drug-likeness (QED) is 0.585. The van der Waals surface area contributed by atoms with Gasteiger partial charge in [-0.3, -0.25) is 4.79 Å². The summed E-state index contributed by atoms with van der Waals surface area (Å²) in [6.45, 7) is 3.09. The molecule has 1 amide bonds. The van der Waals surface area contributed by atoms with E-state index < -0.39 is 0 Å². The normalized spacial score (nSPS) is 10.9. The van der Waals surface area contributed by atoms with E-state index in [0.717, 1.165) is 37.8 Å². The molecule has 0 atom stereocenters. The van der Waals surface area contributed by atoms with Crippen molar-refractivity contribution in [3.05, 3.63) is 41.5 Å². The van der Waals surface area contributed by atoms with Crippen LogP contribution in [0.4, 0.5) is 0 Å². The average Bonchev–Trinajstić information content (AvgIpc) is 2.49. The number of aliphatic hydroxyl groups excluding tert-OH is 1. The van der Waals surface area contributed by atoms with Crippen molar-refractivity contribution in [1.82, 2.24) is 4.90 Å². The van der Waals surface area contributed by atoms with Crippen LogP contribution in [-0.2, 0) is 11.2 Å². The van der Waals surface area contributed by atoms with Crippen LogP contribution in [0, 0.1) is 0 Å². The summed E-state index contributed by atoms with van der Waals surface area (Å²) in [6.07, 6.45) is 7.19. The number of unbranched alkanes of at least 4 members (excludes halogenated alkanes) is 2. The first-order valence-electron chi connectivity index (χ1n) is 7.30. The Morgan fingerprint density at radius 1 is 1.20 bits per heavy atom. The zero-order valence-electron chi connectivity index (χ0n) is 12.5. The van der Waals surface area contributed by atoms with Crippen LogP contribution < -0.4 is 0 Å². The van der Waals surface area contributed by atoms with Crippen LogP contribution in [-0.4, -0.2) is 36.1 Å². The Balaban J connectivity index is 2.41. The fourth-order valence-corrected chi connectivity index (χ4v) is 1.91. The molecule has 20 heavy (non-hydrogen) atoms. The molecule has 1 aromatic rings. The van der Waals surface area contributed by atoms with Gasteiger partial charge < -0.3 is 10.0 Å². The summed E-state index contributed by atoms with van der Waals surface area (Å²) in [5, 5.41) is 8.70. The molecule has 1 aromatic carbocycles. The summed E-state index contributed by atoms with van der Waals surface area (Å²) in [5.74, 6) is 0.0218. The van der Waals surface area contributed by atoms with Gasteiger partial charge in [-0.1, -0.05) is 31.2 Å². The van der Waals surface area contributed by atoms with E-state index in [1.54, 1.807) is 11.0 Å². The monoisotopic (exact) mass is 275 g/mol. The van der Waals surface area contributed by atoms with Crippen molar-refractivity contribution in [3.8, 4) is 0 Å². The minimum Gasteiger partial charge on any atom is -0.396 e. The van der Waals surface area contributed by atoms with Crippen LogP contribution in [0.5, 0.6) is 0 Å². The third-order valence-electron chi connectivity index (χ3n) is 3.33. The number of benzene rings is 1. The summed E-state index contributed by atoms with van der Waals surface area (Å²) < 4.78 is 0. The van der Waals surface area contributed by atoms with Gasteiger partial charge in [0.1, 0.15) is 0 Å². The highest BCUT2D eigenvalue weighted by Crippen LogP contribution is 2.07. The maximum Gasteiger partial charge on any atom is 0.246 e. The van der Waals surface area contributed by atoms with E-state index in [-0.39, 0.29) is 12.5 Å². The molecule has 0 saturated carbocycles. The lowest BCUT2D eigenvalue weighted by Gasteiger charge is -2.14. The number of likely N-dealkylation sites (N-methyl/N-ethyl adjacent to an activating group) is 1. The van der Waals surface area contributed by atoms with Gasteiger partial charge in [-0.15, -0.1) is 0 Å². The van der Waals surface area contributed by atoms with E-state index in [1.807, 2.05) is 25.3 Å². The van der Waals surface area contributed by atoms with Crippen LogP contribution in [0.3, 0.4) is 0 Å². The Kier molecular flexibility index (Phi) is 7.66. The number of nitrogens with zero attached hydrogens (tertiary/aromatic N) is 1. The molecule has 110 valence electrons. The van der Waals surface area contributed by atoms with Gasteiger partial charge in [-0.2, -0.15) is 0 Å². The number of carbonyl (C=O) groups excluding carboxylic acids is 1. The molecule has 3 nitrogen and oxygen atoms in total. The summed E-state index contributed by atoms with van der Waals surface area (Å²) in [4.78, 5) is 13.6. The lowest BCUT2D eigenvalue weighted by Crippen LogP contribution is -2.25. The van der Waals surface area contributed by atoms with E-state index in [4.69, 9.17) is 5.11 Å². The van der Waals surface area contributed by atoms with Crippen molar-refractivity contribution < 1.29 is 9.90 Å². The van der Waals surface area contributed by atoms with Crippen LogP contribution in [0.15, 0.2) is 30.3 Å². The zero-order valence-corrected chi connectivity index (χ0v) is 12.5. The number of aliphatic hydroxyl groups is 1. The first-order valence-corrected chi connectivity index (χ1v) is 7.30. The second-order valence-corrected chi connectivity index (χ2v) is 4.97. The van der Waals surface area contributed by atoms with Crippen LogP contribution in [0.1, 0.15) is 37.3 Å². The van der Waals surface area contributed by atoms with E-state index in [1.165, 1.54) is 5.56 Å². The number of carbonyl (C=O) groups is 1. The lowest BCUT2D eigenvalue weighted by atomic mass is 10.1. The molecule has 0 bridgehead atoms. The Bertz CT molecular complexity index is 423. The lowest BCUT2D eigenvalue weighted by molar-refractivity contribution is -0.124.